The summed E-state index contributed by atoms with van der Waals surface area (Å²) in [5, 5.41) is 9.11. The maximum Gasteiger partial charge on any atom is 0.237 e. The lowest BCUT2D eigenvalue weighted by Crippen LogP contribution is -2.52. The zero-order chi connectivity index (χ0) is 21.5. The Morgan fingerprint density at radius 3 is 2.83 bits per heavy atom. The Kier molecular flexibility index (Phi) is 5.36. The second-order valence-corrected chi connectivity index (χ2v) is 9.15. The normalized spacial score (nSPS) is 17.6. The predicted octanol–water partition coefficient (Wildman–Crippen LogP) is 4.49. The number of amides is 1. The number of fused-ring (bicyclic) bond motifs is 1. The summed E-state index contributed by atoms with van der Waals surface area (Å²) in [6, 6.07) is 9.60. The van der Waals surface area contributed by atoms with E-state index in [4.69, 9.17) is 9.15 Å². The molecule has 1 aliphatic rings. The van der Waals surface area contributed by atoms with Gasteiger partial charge in [0.1, 0.15) is 5.75 Å². The molecule has 0 spiro atoms. The van der Waals surface area contributed by atoms with Gasteiger partial charge in [-0.05, 0) is 62.1 Å². The average Bonchev–Trinajstić information content (AvgIpc) is 3.35. The summed E-state index contributed by atoms with van der Waals surface area (Å²) in [6.45, 7) is 6.44. The van der Waals surface area contributed by atoms with Crippen molar-refractivity contribution in [3.63, 3.8) is 0 Å². The van der Waals surface area contributed by atoms with Gasteiger partial charge in [0.15, 0.2) is 16.7 Å². The van der Waals surface area contributed by atoms with E-state index in [1.807, 2.05) is 46.8 Å². The van der Waals surface area contributed by atoms with Crippen LogP contribution in [-0.2, 0) is 11.8 Å². The number of thioether (sulfide) groups is 1. The summed E-state index contributed by atoms with van der Waals surface area (Å²) in [5.74, 6) is 2.76. The quantitative estimate of drug-likeness (QED) is 0.560. The van der Waals surface area contributed by atoms with Crippen LogP contribution in [-0.4, -0.2) is 39.1 Å². The summed E-state index contributed by atoms with van der Waals surface area (Å²) in [6.07, 6.45) is 2.49. The highest BCUT2D eigenvalue weighted by atomic mass is 32.2. The van der Waals surface area contributed by atoms with Gasteiger partial charge in [-0.1, -0.05) is 18.7 Å². The summed E-state index contributed by atoms with van der Waals surface area (Å²) in [5.41, 5.74) is 1.82. The van der Waals surface area contributed by atoms with Crippen molar-refractivity contribution in [1.82, 2.24) is 14.8 Å². The molecule has 1 amide bonds. The molecule has 1 aromatic carbocycles. The molecular weight excluding hydrogens is 400 g/mol. The number of nitrogens with zero attached hydrogens (tertiary/aromatic N) is 4. The van der Waals surface area contributed by atoms with Crippen LogP contribution in [0.15, 0.2) is 46.2 Å². The van der Waals surface area contributed by atoms with E-state index in [1.165, 1.54) is 11.8 Å². The van der Waals surface area contributed by atoms with Gasteiger partial charge in [0, 0.05) is 18.3 Å². The van der Waals surface area contributed by atoms with Gasteiger partial charge in [-0.25, -0.2) is 0 Å². The minimum atomic E-state index is -0.280. The third kappa shape index (κ3) is 3.60. The van der Waals surface area contributed by atoms with Crippen LogP contribution < -0.4 is 9.64 Å². The van der Waals surface area contributed by atoms with Gasteiger partial charge < -0.3 is 18.6 Å². The van der Waals surface area contributed by atoms with Crippen molar-refractivity contribution < 1.29 is 13.9 Å². The van der Waals surface area contributed by atoms with Crippen molar-refractivity contribution in [2.75, 3.05) is 17.8 Å². The Hall–Kier alpha value is -2.74. The maximum atomic E-state index is 13.4. The smallest absolute Gasteiger partial charge is 0.237 e. The SMILES string of the molecule is COc1ccc2c(c1)[C@H](C)CC(C)(C)N2C(=O)CSc1nnc(-c2ccco2)n1C. The van der Waals surface area contributed by atoms with Crippen LogP contribution >= 0.6 is 11.8 Å². The van der Waals surface area contributed by atoms with Gasteiger partial charge in [-0.3, -0.25) is 4.79 Å². The van der Waals surface area contributed by atoms with E-state index in [2.05, 4.69) is 31.0 Å². The third-order valence-electron chi connectivity index (χ3n) is 5.57. The Morgan fingerprint density at radius 2 is 2.13 bits per heavy atom. The second-order valence-electron chi connectivity index (χ2n) is 8.20. The topological polar surface area (TPSA) is 73.4 Å². The molecule has 2 aromatic heterocycles. The molecule has 7 nitrogen and oxygen atoms in total. The van der Waals surface area contributed by atoms with E-state index < -0.39 is 0 Å². The van der Waals surface area contributed by atoms with E-state index in [1.54, 1.807) is 13.4 Å². The zero-order valence-electron chi connectivity index (χ0n) is 17.9. The van der Waals surface area contributed by atoms with Crippen LogP contribution in [0.25, 0.3) is 11.6 Å². The van der Waals surface area contributed by atoms with Crippen LogP contribution in [0, 0.1) is 0 Å². The lowest BCUT2D eigenvalue weighted by atomic mass is 9.80. The molecule has 1 atom stereocenters. The molecule has 0 fully saturated rings. The largest absolute Gasteiger partial charge is 0.497 e. The molecule has 0 bridgehead atoms. The Morgan fingerprint density at radius 1 is 1.33 bits per heavy atom. The predicted molar refractivity (Wildman–Crippen MR) is 117 cm³/mol. The summed E-state index contributed by atoms with van der Waals surface area (Å²) in [7, 11) is 3.54. The highest BCUT2D eigenvalue weighted by Gasteiger charge is 2.40. The Bertz CT molecular complexity index is 1060. The van der Waals surface area contributed by atoms with Crippen LogP contribution in [0.1, 0.15) is 38.7 Å². The highest BCUT2D eigenvalue weighted by molar-refractivity contribution is 7.99. The van der Waals surface area contributed by atoms with Crippen molar-refractivity contribution in [3.8, 4) is 17.3 Å². The molecular formula is C22H26N4O3S. The monoisotopic (exact) mass is 426 g/mol. The first-order chi connectivity index (χ1) is 14.3. The van der Waals surface area contributed by atoms with Crippen molar-refractivity contribution in [2.24, 2.45) is 7.05 Å². The van der Waals surface area contributed by atoms with Gasteiger partial charge in [-0.15, -0.1) is 10.2 Å². The summed E-state index contributed by atoms with van der Waals surface area (Å²) in [4.78, 5) is 15.3. The van der Waals surface area contributed by atoms with Gasteiger partial charge >= 0.3 is 0 Å². The first-order valence-corrected chi connectivity index (χ1v) is 10.9. The highest BCUT2D eigenvalue weighted by Crippen LogP contribution is 2.45. The maximum absolute atomic E-state index is 13.4. The number of aromatic nitrogens is 3. The van der Waals surface area contributed by atoms with Crippen LogP contribution in [0.3, 0.4) is 0 Å². The van der Waals surface area contributed by atoms with E-state index in [0.717, 1.165) is 23.4 Å². The molecule has 158 valence electrons. The fourth-order valence-electron chi connectivity index (χ4n) is 4.26. The summed E-state index contributed by atoms with van der Waals surface area (Å²) >= 11 is 1.38. The van der Waals surface area contributed by atoms with Crippen molar-refractivity contribution in [3.05, 3.63) is 42.2 Å². The van der Waals surface area contributed by atoms with Crippen molar-refractivity contribution >= 4 is 23.4 Å². The minimum absolute atomic E-state index is 0.0471. The molecule has 30 heavy (non-hydrogen) atoms. The number of carbonyl (C=O) groups excluding carboxylic acids is 1. The lowest BCUT2D eigenvalue weighted by molar-refractivity contribution is -0.117. The number of carbonyl (C=O) groups is 1. The minimum Gasteiger partial charge on any atom is -0.497 e. The van der Waals surface area contributed by atoms with Crippen LogP contribution in [0.2, 0.25) is 0 Å². The van der Waals surface area contributed by atoms with E-state index in [-0.39, 0.29) is 17.2 Å². The lowest BCUT2D eigenvalue weighted by Gasteiger charge is -2.46. The summed E-state index contributed by atoms with van der Waals surface area (Å²) < 4.78 is 12.7. The standard InChI is InChI=1S/C22H26N4O3S/c1-14-12-22(2,3)26(17-9-8-15(28-5)11-16(14)17)19(27)13-30-21-24-23-20(25(21)4)18-7-6-10-29-18/h6-11,14H,12-13H2,1-5H3/t14-/m1/s1. The Balaban J connectivity index is 1.57. The fourth-order valence-corrected chi connectivity index (χ4v) is 5.02. The van der Waals surface area contributed by atoms with Crippen LogP contribution in [0.4, 0.5) is 5.69 Å². The number of hydrogen-bond acceptors (Lipinski definition) is 6. The van der Waals surface area contributed by atoms with E-state index in [9.17, 15) is 4.79 Å². The number of benzene rings is 1. The van der Waals surface area contributed by atoms with E-state index in [0.29, 0.717) is 22.7 Å². The molecule has 3 aromatic rings. The molecule has 3 heterocycles. The number of anilines is 1. The van der Waals surface area contributed by atoms with Crippen molar-refractivity contribution in [1.29, 1.82) is 0 Å². The fraction of sp³-hybridized carbons (Fsp3) is 0.409. The van der Waals surface area contributed by atoms with Gasteiger partial charge in [0.05, 0.1) is 19.1 Å². The number of ether oxygens (including phenoxy) is 1. The van der Waals surface area contributed by atoms with E-state index >= 15 is 0 Å². The third-order valence-corrected chi connectivity index (χ3v) is 6.57. The molecule has 0 N–H and O–H groups in total. The number of rotatable bonds is 5. The first-order valence-electron chi connectivity index (χ1n) is 9.89. The number of hydrogen-bond donors (Lipinski definition) is 0. The van der Waals surface area contributed by atoms with Crippen LogP contribution in [0.5, 0.6) is 5.75 Å². The molecule has 0 aliphatic carbocycles. The molecule has 0 radical (unpaired) electrons. The number of methoxy groups -OCH3 is 1. The zero-order valence-corrected chi connectivity index (χ0v) is 18.7. The van der Waals surface area contributed by atoms with Crippen molar-refractivity contribution in [2.45, 2.75) is 43.8 Å². The number of furan rings is 1. The molecule has 0 unspecified atom stereocenters. The van der Waals surface area contributed by atoms with Gasteiger partial charge in [-0.2, -0.15) is 0 Å². The first kappa shape index (κ1) is 20.5. The molecule has 0 saturated heterocycles. The second kappa shape index (κ2) is 7.83. The van der Waals surface area contributed by atoms with Gasteiger partial charge in [0.25, 0.3) is 0 Å². The molecule has 1 aliphatic heterocycles. The molecule has 8 heteroatoms. The van der Waals surface area contributed by atoms with Gasteiger partial charge in [0.2, 0.25) is 5.91 Å². The molecule has 0 saturated carbocycles. The molecule has 4 rings (SSSR count). The average molecular weight is 427 g/mol. The Labute approximate surface area is 180 Å².